The molecular formula is C17H19ClN2O3S. The summed E-state index contributed by atoms with van der Waals surface area (Å²) in [7, 11) is -3.57. The number of halogens is 1. The van der Waals surface area contributed by atoms with Crippen LogP contribution in [0.4, 0.5) is 11.4 Å². The van der Waals surface area contributed by atoms with Crippen LogP contribution < -0.4 is 9.62 Å². The highest BCUT2D eigenvalue weighted by atomic mass is 35.5. The number of aliphatic hydroxyl groups is 1. The number of anilines is 2. The predicted molar refractivity (Wildman–Crippen MR) is 96.3 cm³/mol. The van der Waals surface area contributed by atoms with Crippen molar-refractivity contribution in [2.75, 3.05) is 28.6 Å². The van der Waals surface area contributed by atoms with Crippen LogP contribution in [0, 0.1) is 0 Å². The van der Waals surface area contributed by atoms with Crippen LogP contribution in [0.1, 0.15) is 5.56 Å². The molecule has 2 aromatic rings. The van der Waals surface area contributed by atoms with Crippen molar-refractivity contribution < 1.29 is 13.5 Å². The fourth-order valence-corrected chi connectivity index (χ4v) is 4.33. The second-order valence-electron chi connectivity index (χ2n) is 5.67. The fraction of sp³-hybridized carbons (Fsp3) is 0.294. The highest BCUT2D eigenvalue weighted by molar-refractivity contribution is 7.92. The Morgan fingerprint density at radius 3 is 2.58 bits per heavy atom. The molecule has 3 rings (SSSR count). The number of benzene rings is 2. The Labute approximate surface area is 146 Å². The number of para-hydroxylation sites is 1. The van der Waals surface area contributed by atoms with Gasteiger partial charge in [-0.3, -0.25) is 4.31 Å². The smallest absolute Gasteiger partial charge is 0.264 e. The summed E-state index contributed by atoms with van der Waals surface area (Å²) in [5.41, 5.74) is 2.54. The van der Waals surface area contributed by atoms with E-state index >= 15 is 0 Å². The summed E-state index contributed by atoms with van der Waals surface area (Å²) in [6, 6.07) is 14.1. The zero-order chi connectivity index (χ0) is 17.2. The lowest BCUT2D eigenvalue weighted by Crippen LogP contribution is -2.29. The van der Waals surface area contributed by atoms with E-state index in [1.807, 2.05) is 24.3 Å². The molecule has 2 aromatic carbocycles. The molecule has 0 aromatic heterocycles. The van der Waals surface area contributed by atoms with E-state index in [4.69, 9.17) is 11.6 Å². The van der Waals surface area contributed by atoms with Gasteiger partial charge in [0.2, 0.25) is 0 Å². The molecule has 0 bridgehead atoms. The van der Waals surface area contributed by atoms with Crippen molar-refractivity contribution in [3.63, 3.8) is 0 Å². The SMILES string of the molecule is O=S(=O)(c1ccc(NCC(O)CCl)cc1)N1CCc2ccccc21. The van der Waals surface area contributed by atoms with Gasteiger partial charge in [0.15, 0.2) is 0 Å². The molecule has 128 valence electrons. The zero-order valence-electron chi connectivity index (χ0n) is 13.0. The average molecular weight is 367 g/mol. The monoisotopic (exact) mass is 366 g/mol. The van der Waals surface area contributed by atoms with Gasteiger partial charge in [0.25, 0.3) is 10.0 Å². The lowest BCUT2D eigenvalue weighted by atomic mass is 10.2. The second kappa shape index (κ2) is 7.01. The second-order valence-corrected chi connectivity index (χ2v) is 7.84. The highest BCUT2D eigenvalue weighted by Gasteiger charge is 2.30. The van der Waals surface area contributed by atoms with Gasteiger partial charge < -0.3 is 10.4 Å². The Morgan fingerprint density at radius 2 is 1.88 bits per heavy atom. The summed E-state index contributed by atoms with van der Waals surface area (Å²) in [5.74, 6) is 0.147. The molecule has 7 heteroatoms. The van der Waals surface area contributed by atoms with Crippen molar-refractivity contribution in [2.24, 2.45) is 0 Å². The van der Waals surface area contributed by atoms with E-state index in [1.165, 1.54) is 4.31 Å². The first-order valence-corrected chi connectivity index (χ1v) is 9.68. The van der Waals surface area contributed by atoms with Crippen LogP contribution in [0.2, 0.25) is 0 Å². The molecule has 2 N–H and O–H groups in total. The van der Waals surface area contributed by atoms with Gasteiger partial charge in [-0.05, 0) is 42.3 Å². The Kier molecular flexibility index (Phi) is 4.99. The number of nitrogens with zero attached hydrogens (tertiary/aromatic N) is 1. The maximum atomic E-state index is 12.9. The molecule has 0 fully saturated rings. The third-order valence-electron chi connectivity index (χ3n) is 4.01. The van der Waals surface area contributed by atoms with Gasteiger partial charge in [-0.25, -0.2) is 8.42 Å². The number of fused-ring (bicyclic) bond motifs is 1. The van der Waals surface area contributed by atoms with E-state index < -0.39 is 16.1 Å². The quantitative estimate of drug-likeness (QED) is 0.770. The Bertz CT molecular complexity index is 809. The third kappa shape index (κ3) is 3.36. The Balaban J connectivity index is 1.79. The molecule has 1 heterocycles. The molecule has 0 saturated heterocycles. The van der Waals surface area contributed by atoms with Gasteiger partial charge >= 0.3 is 0 Å². The van der Waals surface area contributed by atoms with Crippen molar-refractivity contribution in [3.05, 3.63) is 54.1 Å². The summed E-state index contributed by atoms with van der Waals surface area (Å²) < 4.78 is 27.2. The number of nitrogens with one attached hydrogen (secondary N) is 1. The van der Waals surface area contributed by atoms with Crippen molar-refractivity contribution in [2.45, 2.75) is 17.4 Å². The fourth-order valence-electron chi connectivity index (χ4n) is 2.72. The van der Waals surface area contributed by atoms with E-state index in [-0.39, 0.29) is 10.8 Å². The van der Waals surface area contributed by atoms with Crippen molar-refractivity contribution >= 4 is 33.0 Å². The number of sulfonamides is 1. The molecule has 0 amide bonds. The topological polar surface area (TPSA) is 69.6 Å². The first kappa shape index (κ1) is 17.1. The largest absolute Gasteiger partial charge is 0.390 e. The van der Waals surface area contributed by atoms with Crippen LogP contribution in [-0.4, -0.2) is 38.6 Å². The molecule has 1 aliphatic rings. The summed E-state index contributed by atoms with van der Waals surface area (Å²) in [6.07, 6.45) is 0.0851. The van der Waals surface area contributed by atoms with Crippen LogP contribution in [0.3, 0.4) is 0 Å². The standard InChI is InChI=1S/C17H19ClN2O3S/c18-11-15(21)12-19-14-5-7-16(8-6-14)24(22,23)20-10-9-13-3-1-2-4-17(13)20/h1-8,15,19,21H,9-12H2. The molecule has 1 atom stereocenters. The number of rotatable bonds is 6. The zero-order valence-corrected chi connectivity index (χ0v) is 14.6. The Hall–Kier alpha value is -1.76. The summed E-state index contributed by atoms with van der Waals surface area (Å²) in [5, 5.41) is 12.5. The number of hydrogen-bond acceptors (Lipinski definition) is 4. The molecular weight excluding hydrogens is 348 g/mol. The van der Waals surface area contributed by atoms with Gasteiger partial charge in [-0.15, -0.1) is 11.6 Å². The van der Waals surface area contributed by atoms with E-state index in [9.17, 15) is 13.5 Å². The molecule has 0 saturated carbocycles. The van der Waals surface area contributed by atoms with E-state index in [0.29, 0.717) is 13.1 Å². The maximum absolute atomic E-state index is 12.9. The molecule has 1 unspecified atom stereocenters. The minimum Gasteiger partial charge on any atom is -0.390 e. The van der Waals surface area contributed by atoms with Gasteiger partial charge in [-0.2, -0.15) is 0 Å². The normalized spacial score (nSPS) is 15.2. The third-order valence-corrected chi connectivity index (χ3v) is 6.19. The first-order valence-electron chi connectivity index (χ1n) is 7.71. The van der Waals surface area contributed by atoms with Crippen LogP contribution in [0.15, 0.2) is 53.4 Å². The summed E-state index contributed by atoms with van der Waals surface area (Å²) in [6.45, 7) is 0.776. The highest BCUT2D eigenvalue weighted by Crippen LogP contribution is 2.32. The van der Waals surface area contributed by atoms with Gasteiger partial charge in [0.05, 0.1) is 22.6 Å². The van der Waals surface area contributed by atoms with Gasteiger partial charge in [0, 0.05) is 18.8 Å². The van der Waals surface area contributed by atoms with Crippen molar-refractivity contribution in [3.8, 4) is 0 Å². The van der Waals surface area contributed by atoms with Crippen LogP contribution >= 0.6 is 11.6 Å². The molecule has 0 spiro atoms. The minimum absolute atomic E-state index is 0.147. The number of alkyl halides is 1. The minimum atomic E-state index is -3.57. The van der Waals surface area contributed by atoms with Crippen molar-refractivity contribution in [1.29, 1.82) is 0 Å². The maximum Gasteiger partial charge on any atom is 0.264 e. The molecule has 5 nitrogen and oxygen atoms in total. The summed E-state index contributed by atoms with van der Waals surface area (Å²) >= 11 is 5.54. The molecule has 1 aliphatic heterocycles. The van der Waals surface area contributed by atoms with Gasteiger partial charge in [-0.1, -0.05) is 18.2 Å². The first-order chi connectivity index (χ1) is 11.5. The number of aliphatic hydroxyl groups excluding tert-OH is 1. The Morgan fingerprint density at radius 1 is 1.17 bits per heavy atom. The molecule has 0 aliphatic carbocycles. The lowest BCUT2D eigenvalue weighted by Gasteiger charge is -2.20. The predicted octanol–water partition coefficient (Wildman–Crippen LogP) is 2.45. The van der Waals surface area contributed by atoms with Crippen LogP contribution in [-0.2, 0) is 16.4 Å². The van der Waals surface area contributed by atoms with Crippen molar-refractivity contribution in [1.82, 2.24) is 0 Å². The number of hydrogen-bond donors (Lipinski definition) is 2. The summed E-state index contributed by atoms with van der Waals surface area (Å²) in [4.78, 5) is 0.252. The lowest BCUT2D eigenvalue weighted by molar-refractivity contribution is 0.211. The van der Waals surface area contributed by atoms with Crippen LogP contribution in [0.5, 0.6) is 0 Å². The van der Waals surface area contributed by atoms with E-state index in [2.05, 4.69) is 5.32 Å². The van der Waals surface area contributed by atoms with E-state index in [1.54, 1.807) is 24.3 Å². The average Bonchev–Trinajstić information content (AvgIpc) is 3.05. The van der Waals surface area contributed by atoms with E-state index in [0.717, 1.165) is 23.4 Å². The molecule has 24 heavy (non-hydrogen) atoms. The van der Waals surface area contributed by atoms with Crippen LogP contribution in [0.25, 0.3) is 0 Å². The van der Waals surface area contributed by atoms with Gasteiger partial charge in [0.1, 0.15) is 0 Å². The molecule has 0 radical (unpaired) electrons.